The van der Waals surface area contributed by atoms with E-state index in [1.54, 1.807) is 0 Å². The number of nitrogens with zero attached hydrogens (tertiary/aromatic N) is 1. The minimum Gasteiger partial charge on any atom is -0.395 e. The highest BCUT2D eigenvalue weighted by atomic mass is 19.2. The molecule has 2 aromatic rings. The first kappa shape index (κ1) is 14.6. The van der Waals surface area contributed by atoms with Gasteiger partial charge in [-0.25, -0.2) is 8.78 Å². The smallest absolute Gasteiger partial charge is 0.159 e. The van der Waals surface area contributed by atoms with E-state index in [4.69, 9.17) is 5.26 Å². The number of rotatable bonds is 3. The third-order valence-corrected chi connectivity index (χ3v) is 4.07. The minimum absolute atomic E-state index is 0.0340. The van der Waals surface area contributed by atoms with Crippen LogP contribution in [0.3, 0.4) is 0 Å². The maximum Gasteiger partial charge on any atom is 0.159 e. The van der Waals surface area contributed by atoms with Crippen LogP contribution in [0.15, 0.2) is 42.5 Å². The minimum atomic E-state index is -0.880. The van der Waals surface area contributed by atoms with Gasteiger partial charge in [0.1, 0.15) is 6.04 Å². The van der Waals surface area contributed by atoms with E-state index in [2.05, 4.69) is 11.4 Å². The van der Waals surface area contributed by atoms with Crippen LogP contribution in [0.4, 0.5) is 8.78 Å². The molecule has 0 spiro atoms. The molecule has 1 saturated heterocycles. The number of hydrogen-bond acceptors (Lipinski definition) is 3. The Morgan fingerprint density at radius 2 is 1.73 bits per heavy atom. The molecule has 0 bridgehead atoms. The third-order valence-electron chi connectivity index (χ3n) is 4.07. The lowest BCUT2D eigenvalue weighted by Crippen LogP contribution is -2.60. The van der Waals surface area contributed by atoms with E-state index >= 15 is 0 Å². The summed E-state index contributed by atoms with van der Waals surface area (Å²) in [6, 6.07) is 12.8. The van der Waals surface area contributed by atoms with Crippen molar-refractivity contribution in [3.05, 3.63) is 59.7 Å². The molecule has 1 fully saturated rings. The molecule has 3 atom stereocenters. The summed E-state index contributed by atoms with van der Waals surface area (Å²) in [6.45, 7) is -0.0340. The number of aliphatic hydroxyl groups is 1. The van der Waals surface area contributed by atoms with Crippen LogP contribution >= 0.6 is 0 Å². The lowest BCUT2D eigenvalue weighted by Gasteiger charge is -2.41. The van der Waals surface area contributed by atoms with Crippen molar-refractivity contribution >= 4 is 0 Å². The number of nitriles is 1. The number of hydrogen-bond donors (Lipinski definition) is 2. The van der Waals surface area contributed by atoms with Crippen LogP contribution in [0.2, 0.25) is 0 Å². The van der Waals surface area contributed by atoms with Crippen molar-refractivity contribution in [3.8, 4) is 17.2 Å². The highest BCUT2D eigenvalue weighted by Crippen LogP contribution is 2.33. The van der Waals surface area contributed by atoms with Crippen molar-refractivity contribution in [1.82, 2.24) is 5.32 Å². The quantitative estimate of drug-likeness (QED) is 0.916. The second-order valence-corrected chi connectivity index (χ2v) is 5.34. The van der Waals surface area contributed by atoms with Gasteiger partial charge in [-0.2, -0.15) is 5.26 Å². The summed E-state index contributed by atoms with van der Waals surface area (Å²) >= 11 is 0. The first-order valence-electron chi connectivity index (χ1n) is 6.96. The Hall–Kier alpha value is -2.29. The molecule has 1 aliphatic heterocycles. The lowest BCUT2D eigenvalue weighted by atomic mass is 9.78. The standard InChI is InChI=1S/C17H14F2N2O/c18-13-6-5-12(7-14(13)19)10-1-3-11(4-2-10)17-15(8-20)21-16(17)9-22/h1-7,15-17,21-22H,9H2/t15-,16-,17-/m0/s1. The van der Waals surface area contributed by atoms with E-state index < -0.39 is 11.6 Å². The first-order valence-corrected chi connectivity index (χ1v) is 6.96. The Labute approximate surface area is 126 Å². The highest BCUT2D eigenvalue weighted by molar-refractivity contribution is 5.64. The Bertz CT molecular complexity index is 724. The molecule has 1 aliphatic rings. The molecule has 3 rings (SSSR count). The van der Waals surface area contributed by atoms with Crippen LogP contribution in [-0.2, 0) is 0 Å². The van der Waals surface area contributed by atoms with Gasteiger partial charge in [-0.15, -0.1) is 0 Å². The summed E-state index contributed by atoms with van der Waals surface area (Å²) in [5.41, 5.74) is 2.30. The number of aliphatic hydroxyl groups excluding tert-OH is 1. The normalized spacial score (nSPS) is 23.6. The maximum absolute atomic E-state index is 13.3. The van der Waals surface area contributed by atoms with E-state index in [9.17, 15) is 13.9 Å². The average Bonchev–Trinajstić information content (AvgIpc) is 2.51. The lowest BCUT2D eigenvalue weighted by molar-refractivity contribution is 0.151. The molecule has 3 nitrogen and oxygen atoms in total. The molecule has 0 saturated carbocycles. The maximum atomic E-state index is 13.3. The third kappa shape index (κ3) is 2.47. The number of halogens is 2. The van der Waals surface area contributed by atoms with Crippen molar-refractivity contribution in [3.63, 3.8) is 0 Å². The second kappa shape index (κ2) is 5.84. The summed E-state index contributed by atoms with van der Waals surface area (Å²) in [6.07, 6.45) is 0. The van der Waals surface area contributed by atoms with Gasteiger partial charge < -0.3 is 5.11 Å². The molecular weight excluding hydrogens is 286 g/mol. The molecule has 2 aromatic carbocycles. The molecular formula is C17H14F2N2O. The molecule has 2 N–H and O–H groups in total. The van der Waals surface area contributed by atoms with Gasteiger partial charge in [0.15, 0.2) is 11.6 Å². The largest absolute Gasteiger partial charge is 0.395 e. The van der Waals surface area contributed by atoms with Crippen molar-refractivity contribution in [2.45, 2.75) is 18.0 Å². The van der Waals surface area contributed by atoms with Gasteiger partial charge in [0.2, 0.25) is 0 Å². The summed E-state index contributed by atoms with van der Waals surface area (Å²) in [7, 11) is 0. The summed E-state index contributed by atoms with van der Waals surface area (Å²) in [5.74, 6) is -1.81. The van der Waals surface area contributed by atoms with Crippen LogP contribution in [0.5, 0.6) is 0 Å². The Morgan fingerprint density at radius 3 is 2.32 bits per heavy atom. The van der Waals surface area contributed by atoms with E-state index in [1.807, 2.05) is 24.3 Å². The van der Waals surface area contributed by atoms with Gasteiger partial charge in [0.05, 0.1) is 12.7 Å². The zero-order valence-electron chi connectivity index (χ0n) is 11.6. The number of benzene rings is 2. The fourth-order valence-electron chi connectivity index (χ4n) is 2.83. The summed E-state index contributed by atoms with van der Waals surface area (Å²) in [5, 5.41) is 21.3. The monoisotopic (exact) mass is 300 g/mol. The van der Waals surface area contributed by atoms with E-state index in [0.717, 1.165) is 23.3 Å². The molecule has 0 amide bonds. The molecule has 0 radical (unpaired) electrons. The first-order chi connectivity index (χ1) is 10.6. The summed E-state index contributed by atoms with van der Waals surface area (Å²) in [4.78, 5) is 0. The van der Waals surface area contributed by atoms with Gasteiger partial charge >= 0.3 is 0 Å². The van der Waals surface area contributed by atoms with Crippen LogP contribution < -0.4 is 5.32 Å². The van der Waals surface area contributed by atoms with Crippen LogP contribution in [-0.4, -0.2) is 23.8 Å². The fraction of sp³-hybridized carbons (Fsp3) is 0.235. The Kier molecular flexibility index (Phi) is 3.88. The molecule has 22 heavy (non-hydrogen) atoms. The van der Waals surface area contributed by atoms with Crippen molar-refractivity contribution < 1.29 is 13.9 Å². The molecule has 0 unspecified atom stereocenters. The van der Waals surface area contributed by atoms with Crippen LogP contribution in [0, 0.1) is 23.0 Å². The Morgan fingerprint density at radius 1 is 1.05 bits per heavy atom. The van der Waals surface area contributed by atoms with E-state index in [1.165, 1.54) is 6.07 Å². The average molecular weight is 300 g/mol. The van der Waals surface area contributed by atoms with Gasteiger partial charge in [0, 0.05) is 12.0 Å². The number of nitrogens with one attached hydrogen (secondary N) is 1. The molecule has 112 valence electrons. The fourth-order valence-corrected chi connectivity index (χ4v) is 2.83. The van der Waals surface area contributed by atoms with Crippen molar-refractivity contribution in [2.75, 3.05) is 6.61 Å². The Balaban J connectivity index is 1.86. The zero-order valence-corrected chi connectivity index (χ0v) is 11.6. The van der Waals surface area contributed by atoms with E-state index in [0.29, 0.717) is 5.56 Å². The predicted molar refractivity (Wildman–Crippen MR) is 77.9 cm³/mol. The molecule has 0 aromatic heterocycles. The molecule has 5 heteroatoms. The zero-order chi connectivity index (χ0) is 15.7. The van der Waals surface area contributed by atoms with Gasteiger partial charge in [-0.05, 0) is 28.8 Å². The topological polar surface area (TPSA) is 56.0 Å². The van der Waals surface area contributed by atoms with Crippen molar-refractivity contribution in [2.24, 2.45) is 0 Å². The highest BCUT2D eigenvalue weighted by Gasteiger charge is 2.41. The predicted octanol–water partition coefficient (Wildman–Crippen LogP) is 2.57. The van der Waals surface area contributed by atoms with Gasteiger partial charge in [-0.3, -0.25) is 5.32 Å². The van der Waals surface area contributed by atoms with E-state index in [-0.39, 0.29) is 24.6 Å². The van der Waals surface area contributed by atoms with Crippen LogP contribution in [0.1, 0.15) is 11.5 Å². The molecule has 0 aliphatic carbocycles. The molecule has 1 heterocycles. The van der Waals surface area contributed by atoms with Gasteiger partial charge in [0.25, 0.3) is 0 Å². The van der Waals surface area contributed by atoms with Crippen molar-refractivity contribution in [1.29, 1.82) is 5.26 Å². The van der Waals surface area contributed by atoms with Crippen LogP contribution in [0.25, 0.3) is 11.1 Å². The SMILES string of the molecule is N#C[C@@H]1N[C@@H](CO)[C@H]1c1ccc(-c2ccc(F)c(F)c2)cc1. The summed E-state index contributed by atoms with van der Waals surface area (Å²) < 4.78 is 26.2. The second-order valence-electron chi connectivity index (χ2n) is 5.34. The van der Waals surface area contributed by atoms with Gasteiger partial charge in [-0.1, -0.05) is 30.3 Å².